The Kier molecular flexibility index (Phi) is 3.86. The smallest absolute Gasteiger partial charge is 0.229 e. The third-order valence-corrected chi connectivity index (χ3v) is 3.69. The van der Waals surface area contributed by atoms with Crippen molar-refractivity contribution in [2.24, 2.45) is 0 Å². The fraction of sp³-hybridized carbons (Fsp3) is 0.176. The number of fused-ring (bicyclic) bond motifs is 1. The molecule has 0 aliphatic carbocycles. The molecule has 0 radical (unpaired) electrons. The molecular weight excluding hydrogens is 296 g/mol. The van der Waals surface area contributed by atoms with Crippen molar-refractivity contribution in [1.29, 1.82) is 0 Å². The van der Waals surface area contributed by atoms with E-state index in [-0.39, 0.29) is 0 Å². The molecule has 22 heavy (non-hydrogen) atoms. The maximum absolute atomic E-state index is 6.07. The average molecular weight is 313 g/mol. The van der Waals surface area contributed by atoms with E-state index in [1.165, 1.54) is 0 Å². The number of nitrogens with zero attached hydrogens (tertiary/aromatic N) is 3. The van der Waals surface area contributed by atoms with Crippen molar-refractivity contribution >= 4 is 40.0 Å². The number of rotatable bonds is 3. The number of anilines is 3. The first kappa shape index (κ1) is 14.6. The van der Waals surface area contributed by atoms with Crippen molar-refractivity contribution in [2.75, 3.05) is 24.3 Å². The standard InChI is InChI=1S/C17H17ClN4/c1-11-8-9-12(18)10-15(11)20-17-19-14-7-5-4-6-13(14)16(21-17)22(2)3/h4-10H,1-3H3,(H,19,20,21). The lowest BCUT2D eigenvalue weighted by Crippen LogP contribution is -2.13. The third-order valence-electron chi connectivity index (χ3n) is 3.45. The van der Waals surface area contributed by atoms with Gasteiger partial charge in [0, 0.05) is 30.2 Å². The highest BCUT2D eigenvalue weighted by Crippen LogP contribution is 2.27. The fourth-order valence-electron chi connectivity index (χ4n) is 2.31. The second-order valence-electron chi connectivity index (χ2n) is 5.37. The average Bonchev–Trinajstić information content (AvgIpc) is 2.50. The molecule has 0 atom stereocenters. The van der Waals surface area contributed by atoms with Crippen molar-refractivity contribution < 1.29 is 0 Å². The van der Waals surface area contributed by atoms with Gasteiger partial charge in [0.15, 0.2) is 0 Å². The predicted molar refractivity (Wildman–Crippen MR) is 93.3 cm³/mol. The Morgan fingerprint density at radius 2 is 1.82 bits per heavy atom. The number of para-hydroxylation sites is 1. The van der Waals surface area contributed by atoms with E-state index in [1.807, 2.05) is 68.4 Å². The quantitative estimate of drug-likeness (QED) is 0.778. The van der Waals surface area contributed by atoms with Crippen LogP contribution in [0, 0.1) is 6.92 Å². The van der Waals surface area contributed by atoms with Gasteiger partial charge in [-0.05, 0) is 36.8 Å². The van der Waals surface area contributed by atoms with Crippen LogP contribution >= 0.6 is 11.6 Å². The van der Waals surface area contributed by atoms with Crippen LogP contribution in [0.25, 0.3) is 10.9 Å². The number of aromatic nitrogens is 2. The van der Waals surface area contributed by atoms with Gasteiger partial charge in [-0.1, -0.05) is 29.8 Å². The molecule has 0 aliphatic rings. The minimum Gasteiger partial charge on any atom is -0.362 e. The first-order valence-corrected chi connectivity index (χ1v) is 7.39. The molecule has 0 saturated heterocycles. The SMILES string of the molecule is Cc1ccc(Cl)cc1Nc1nc(N(C)C)c2ccccc2n1. The molecule has 0 spiro atoms. The predicted octanol–water partition coefficient (Wildman–Crippen LogP) is 4.40. The normalized spacial score (nSPS) is 10.7. The monoisotopic (exact) mass is 312 g/mol. The molecule has 1 heterocycles. The van der Waals surface area contributed by atoms with Crippen molar-refractivity contribution in [3.63, 3.8) is 0 Å². The lowest BCUT2D eigenvalue weighted by atomic mass is 10.2. The summed E-state index contributed by atoms with van der Waals surface area (Å²) in [4.78, 5) is 11.2. The van der Waals surface area contributed by atoms with Crippen molar-refractivity contribution in [3.05, 3.63) is 53.1 Å². The molecule has 0 aliphatic heterocycles. The van der Waals surface area contributed by atoms with E-state index in [1.54, 1.807) is 0 Å². The van der Waals surface area contributed by atoms with Crippen LogP contribution in [0.15, 0.2) is 42.5 Å². The van der Waals surface area contributed by atoms with Crippen molar-refractivity contribution in [1.82, 2.24) is 9.97 Å². The number of halogens is 1. The zero-order valence-electron chi connectivity index (χ0n) is 12.8. The molecule has 112 valence electrons. The summed E-state index contributed by atoms with van der Waals surface area (Å²) in [5.41, 5.74) is 2.91. The first-order valence-electron chi connectivity index (χ1n) is 7.02. The summed E-state index contributed by atoms with van der Waals surface area (Å²) in [6.45, 7) is 2.02. The summed E-state index contributed by atoms with van der Waals surface area (Å²) >= 11 is 6.07. The zero-order valence-corrected chi connectivity index (χ0v) is 13.5. The van der Waals surface area contributed by atoms with Gasteiger partial charge >= 0.3 is 0 Å². The van der Waals surface area contributed by atoms with E-state index in [2.05, 4.69) is 15.3 Å². The Morgan fingerprint density at radius 3 is 2.59 bits per heavy atom. The van der Waals surface area contributed by atoms with Crippen LogP contribution in [0.4, 0.5) is 17.5 Å². The summed E-state index contributed by atoms with van der Waals surface area (Å²) < 4.78 is 0. The van der Waals surface area contributed by atoms with E-state index in [4.69, 9.17) is 11.6 Å². The van der Waals surface area contributed by atoms with Gasteiger partial charge in [0.1, 0.15) is 5.82 Å². The highest BCUT2D eigenvalue weighted by atomic mass is 35.5. The van der Waals surface area contributed by atoms with E-state index in [9.17, 15) is 0 Å². The van der Waals surface area contributed by atoms with Gasteiger partial charge in [0.2, 0.25) is 5.95 Å². The molecule has 4 nitrogen and oxygen atoms in total. The van der Waals surface area contributed by atoms with Gasteiger partial charge in [0.25, 0.3) is 0 Å². The molecule has 0 bridgehead atoms. The molecule has 0 saturated carbocycles. The summed E-state index contributed by atoms with van der Waals surface area (Å²) in [5, 5.41) is 4.98. The van der Waals surface area contributed by atoms with Gasteiger partial charge < -0.3 is 10.2 Å². The van der Waals surface area contributed by atoms with E-state index in [0.29, 0.717) is 11.0 Å². The molecule has 2 aromatic carbocycles. The lowest BCUT2D eigenvalue weighted by Gasteiger charge is -2.16. The first-order chi connectivity index (χ1) is 10.5. The number of benzene rings is 2. The van der Waals surface area contributed by atoms with Crippen LogP contribution in [0.2, 0.25) is 5.02 Å². The minimum atomic E-state index is 0.563. The largest absolute Gasteiger partial charge is 0.362 e. The summed E-state index contributed by atoms with van der Waals surface area (Å²) in [6, 6.07) is 13.7. The third kappa shape index (κ3) is 2.83. The van der Waals surface area contributed by atoms with E-state index in [0.717, 1.165) is 28.0 Å². The number of hydrogen-bond acceptors (Lipinski definition) is 4. The summed E-state index contributed by atoms with van der Waals surface area (Å²) in [5.74, 6) is 1.44. The van der Waals surface area contributed by atoms with Gasteiger partial charge in [0.05, 0.1) is 5.52 Å². The molecule has 5 heteroatoms. The molecule has 0 amide bonds. The van der Waals surface area contributed by atoms with Gasteiger partial charge in [-0.3, -0.25) is 0 Å². The molecule has 1 N–H and O–H groups in total. The molecule has 3 rings (SSSR count). The second-order valence-corrected chi connectivity index (χ2v) is 5.80. The number of aryl methyl sites for hydroxylation is 1. The summed E-state index contributed by atoms with van der Waals surface area (Å²) in [6.07, 6.45) is 0. The fourth-order valence-corrected chi connectivity index (χ4v) is 2.48. The molecule has 3 aromatic rings. The van der Waals surface area contributed by atoms with E-state index >= 15 is 0 Å². The van der Waals surface area contributed by atoms with Crippen molar-refractivity contribution in [3.8, 4) is 0 Å². The van der Waals surface area contributed by atoms with Crippen molar-refractivity contribution in [2.45, 2.75) is 6.92 Å². The molecule has 0 fully saturated rings. The Morgan fingerprint density at radius 1 is 1.05 bits per heavy atom. The Bertz CT molecular complexity index is 830. The minimum absolute atomic E-state index is 0.563. The maximum Gasteiger partial charge on any atom is 0.229 e. The van der Waals surface area contributed by atoms with Crippen LogP contribution in [0.3, 0.4) is 0 Å². The Labute approximate surface area is 134 Å². The van der Waals surface area contributed by atoms with Gasteiger partial charge in [-0.2, -0.15) is 4.98 Å². The molecule has 0 unspecified atom stereocenters. The maximum atomic E-state index is 6.07. The second kappa shape index (κ2) is 5.81. The number of nitrogens with one attached hydrogen (secondary N) is 1. The topological polar surface area (TPSA) is 41.1 Å². The Balaban J connectivity index is 2.09. The van der Waals surface area contributed by atoms with Crippen LogP contribution in [-0.2, 0) is 0 Å². The van der Waals surface area contributed by atoms with Gasteiger partial charge in [-0.15, -0.1) is 0 Å². The summed E-state index contributed by atoms with van der Waals surface area (Å²) in [7, 11) is 3.95. The zero-order chi connectivity index (χ0) is 15.7. The van der Waals surface area contributed by atoms with Crippen LogP contribution in [0.1, 0.15) is 5.56 Å². The van der Waals surface area contributed by atoms with Gasteiger partial charge in [-0.25, -0.2) is 4.98 Å². The molecular formula is C17H17ClN4. The van der Waals surface area contributed by atoms with Crippen LogP contribution in [0.5, 0.6) is 0 Å². The highest BCUT2D eigenvalue weighted by Gasteiger charge is 2.10. The molecule has 1 aromatic heterocycles. The highest BCUT2D eigenvalue weighted by molar-refractivity contribution is 6.30. The van der Waals surface area contributed by atoms with Crippen LogP contribution < -0.4 is 10.2 Å². The number of hydrogen-bond donors (Lipinski definition) is 1. The van der Waals surface area contributed by atoms with E-state index < -0.39 is 0 Å². The van der Waals surface area contributed by atoms with Crippen LogP contribution in [-0.4, -0.2) is 24.1 Å². The Hall–Kier alpha value is -2.33. The lowest BCUT2D eigenvalue weighted by molar-refractivity contribution is 1.06.